The van der Waals surface area contributed by atoms with Gasteiger partial charge in [-0.05, 0) is 43.5 Å². The molecule has 0 aromatic heterocycles. The predicted molar refractivity (Wildman–Crippen MR) is 97.8 cm³/mol. The summed E-state index contributed by atoms with van der Waals surface area (Å²) in [4.78, 5) is 15.0. The lowest BCUT2D eigenvalue weighted by molar-refractivity contribution is 0.0937. The third-order valence-corrected chi connectivity index (χ3v) is 4.77. The van der Waals surface area contributed by atoms with E-state index in [1.165, 1.54) is 5.56 Å². The molecule has 2 atom stereocenters. The van der Waals surface area contributed by atoms with Gasteiger partial charge in [0.1, 0.15) is 0 Å². The van der Waals surface area contributed by atoms with Gasteiger partial charge in [-0.3, -0.25) is 9.69 Å². The Morgan fingerprint density at radius 3 is 2.75 bits per heavy atom. The van der Waals surface area contributed by atoms with Gasteiger partial charge in [0, 0.05) is 36.4 Å². The molecule has 3 N–H and O–H groups in total. The van der Waals surface area contributed by atoms with Gasteiger partial charge >= 0.3 is 0 Å². The number of rotatable bonds is 4. The third-order valence-electron chi connectivity index (χ3n) is 4.77. The Balaban J connectivity index is 1.62. The summed E-state index contributed by atoms with van der Waals surface area (Å²) in [5, 5.41) is 3.17. The van der Waals surface area contributed by atoms with Crippen LogP contribution in [0.15, 0.2) is 48.5 Å². The van der Waals surface area contributed by atoms with Gasteiger partial charge in [-0.2, -0.15) is 0 Å². The maximum Gasteiger partial charge on any atom is 0.251 e. The first-order valence-electron chi connectivity index (χ1n) is 8.48. The van der Waals surface area contributed by atoms with Crippen LogP contribution in [0.4, 0.5) is 5.69 Å². The molecule has 0 saturated carbocycles. The largest absolute Gasteiger partial charge is 0.399 e. The SMILES string of the molecule is Cc1ccc(N)cc1C(=O)NC1CC(C)N(Cc2ccccc2)C1. The molecule has 4 heteroatoms. The highest BCUT2D eigenvalue weighted by atomic mass is 16.1. The van der Waals surface area contributed by atoms with E-state index < -0.39 is 0 Å². The van der Waals surface area contributed by atoms with Crippen molar-refractivity contribution in [3.63, 3.8) is 0 Å². The van der Waals surface area contributed by atoms with E-state index in [0.29, 0.717) is 17.3 Å². The molecule has 1 fully saturated rings. The van der Waals surface area contributed by atoms with Crippen LogP contribution >= 0.6 is 0 Å². The number of anilines is 1. The van der Waals surface area contributed by atoms with Crippen LogP contribution < -0.4 is 11.1 Å². The second-order valence-electron chi connectivity index (χ2n) is 6.74. The Labute approximate surface area is 143 Å². The number of amides is 1. The molecule has 0 radical (unpaired) electrons. The van der Waals surface area contributed by atoms with Crippen molar-refractivity contribution >= 4 is 11.6 Å². The summed E-state index contributed by atoms with van der Waals surface area (Å²) in [6.07, 6.45) is 0.972. The number of benzene rings is 2. The molecule has 1 aliphatic rings. The highest BCUT2D eigenvalue weighted by Crippen LogP contribution is 2.21. The molecule has 126 valence electrons. The first-order chi connectivity index (χ1) is 11.5. The van der Waals surface area contributed by atoms with E-state index in [0.717, 1.165) is 25.1 Å². The van der Waals surface area contributed by atoms with Gasteiger partial charge in [0.25, 0.3) is 5.91 Å². The zero-order valence-electron chi connectivity index (χ0n) is 14.3. The minimum Gasteiger partial charge on any atom is -0.399 e. The monoisotopic (exact) mass is 323 g/mol. The molecule has 2 unspecified atom stereocenters. The topological polar surface area (TPSA) is 58.4 Å². The van der Waals surface area contributed by atoms with E-state index >= 15 is 0 Å². The fourth-order valence-corrected chi connectivity index (χ4v) is 3.39. The van der Waals surface area contributed by atoms with Crippen molar-refractivity contribution in [3.8, 4) is 0 Å². The van der Waals surface area contributed by atoms with E-state index in [4.69, 9.17) is 5.73 Å². The molecule has 1 amide bonds. The summed E-state index contributed by atoms with van der Waals surface area (Å²) < 4.78 is 0. The van der Waals surface area contributed by atoms with E-state index in [-0.39, 0.29) is 11.9 Å². The van der Waals surface area contributed by atoms with Crippen LogP contribution in [-0.2, 0) is 6.54 Å². The molecule has 1 aliphatic heterocycles. The predicted octanol–water partition coefficient (Wildman–Crippen LogP) is 2.97. The van der Waals surface area contributed by atoms with Gasteiger partial charge in [0.05, 0.1) is 0 Å². The van der Waals surface area contributed by atoms with Crippen LogP contribution in [0.1, 0.15) is 34.8 Å². The number of nitrogens with one attached hydrogen (secondary N) is 1. The number of aryl methyl sites for hydroxylation is 1. The lowest BCUT2D eigenvalue weighted by atomic mass is 10.1. The molecule has 4 nitrogen and oxygen atoms in total. The lowest BCUT2D eigenvalue weighted by Crippen LogP contribution is -2.37. The second-order valence-corrected chi connectivity index (χ2v) is 6.74. The van der Waals surface area contributed by atoms with E-state index in [2.05, 4.69) is 41.4 Å². The summed E-state index contributed by atoms with van der Waals surface area (Å²) >= 11 is 0. The number of carbonyl (C=O) groups excluding carboxylic acids is 1. The molecular formula is C20H25N3O. The van der Waals surface area contributed by atoms with Crippen LogP contribution in [-0.4, -0.2) is 29.4 Å². The van der Waals surface area contributed by atoms with Crippen molar-refractivity contribution < 1.29 is 4.79 Å². The quantitative estimate of drug-likeness (QED) is 0.851. The Kier molecular flexibility index (Phi) is 4.86. The van der Waals surface area contributed by atoms with Gasteiger partial charge in [0.15, 0.2) is 0 Å². The molecule has 24 heavy (non-hydrogen) atoms. The van der Waals surface area contributed by atoms with Crippen molar-refractivity contribution in [2.45, 2.75) is 38.9 Å². The normalized spacial score (nSPS) is 20.9. The molecule has 1 saturated heterocycles. The average Bonchev–Trinajstić information content (AvgIpc) is 2.90. The number of likely N-dealkylation sites (tertiary alicyclic amines) is 1. The molecule has 2 aromatic carbocycles. The van der Waals surface area contributed by atoms with Crippen molar-refractivity contribution in [1.29, 1.82) is 0 Å². The van der Waals surface area contributed by atoms with Gasteiger partial charge in [-0.25, -0.2) is 0 Å². The highest BCUT2D eigenvalue weighted by Gasteiger charge is 2.30. The number of nitrogens with zero attached hydrogens (tertiary/aromatic N) is 1. The van der Waals surface area contributed by atoms with Crippen molar-refractivity contribution in [2.75, 3.05) is 12.3 Å². The average molecular weight is 323 g/mol. The minimum absolute atomic E-state index is 0.0291. The summed E-state index contributed by atoms with van der Waals surface area (Å²) in [6.45, 7) is 5.96. The van der Waals surface area contributed by atoms with Crippen LogP contribution in [0.2, 0.25) is 0 Å². The van der Waals surface area contributed by atoms with E-state index in [1.54, 1.807) is 6.07 Å². The smallest absolute Gasteiger partial charge is 0.251 e. The molecular weight excluding hydrogens is 298 g/mol. The van der Waals surface area contributed by atoms with Crippen LogP contribution in [0.3, 0.4) is 0 Å². The Hall–Kier alpha value is -2.33. The summed E-state index contributed by atoms with van der Waals surface area (Å²) in [6, 6.07) is 16.6. The third kappa shape index (κ3) is 3.77. The summed E-state index contributed by atoms with van der Waals surface area (Å²) in [5.74, 6) is -0.0291. The van der Waals surface area contributed by atoms with Crippen LogP contribution in [0, 0.1) is 6.92 Å². The molecule has 0 bridgehead atoms. The molecule has 0 aliphatic carbocycles. The minimum atomic E-state index is -0.0291. The van der Waals surface area contributed by atoms with Crippen LogP contribution in [0.5, 0.6) is 0 Å². The highest BCUT2D eigenvalue weighted by molar-refractivity contribution is 5.96. The first kappa shape index (κ1) is 16.5. The van der Waals surface area contributed by atoms with Crippen molar-refractivity contribution in [2.24, 2.45) is 0 Å². The standard InChI is InChI=1S/C20H25N3O/c1-14-8-9-17(21)11-19(14)20(24)22-18-10-15(2)23(13-18)12-16-6-4-3-5-7-16/h3-9,11,15,18H,10,12-13,21H2,1-2H3,(H,22,24). The van der Waals surface area contributed by atoms with E-state index in [1.807, 2.05) is 25.1 Å². The number of hydrogen-bond acceptors (Lipinski definition) is 3. The molecule has 2 aromatic rings. The van der Waals surface area contributed by atoms with Crippen molar-refractivity contribution in [1.82, 2.24) is 10.2 Å². The number of nitrogen functional groups attached to an aromatic ring is 1. The number of carbonyl (C=O) groups is 1. The van der Waals surface area contributed by atoms with Gasteiger partial charge in [0.2, 0.25) is 0 Å². The first-order valence-corrected chi connectivity index (χ1v) is 8.48. The maximum absolute atomic E-state index is 12.6. The summed E-state index contributed by atoms with van der Waals surface area (Å²) in [5.41, 5.74) is 9.37. The van der Waals surface area contributed by atoms with Gasteiger partial charge < -0.3 is 11.1 Å². The van der Waals surface area contributed by atoms with Crippen LogP contribution in [0.25, 0.3) is 0 Å². The Bertz CT molecular complexity index is 714. The van der Waals surface area contributed by atoms with E-state index in [9.17, 15) is 4.79 Å². The molecule has 1 heterocycles. The zero-order valence-corrected chi connectivity index (χ0v) is 14.3. The van der Waals surface area contributed by atoms with Crippen molar-refractivity contribution in [3.05, 3.63) is 65.2 Å². The fourth-order valence-electron chi connectivity index (χ4n) is 3.39. The maximum atomic E-state index is 12.6. The molecule has 0 spiro atoms. The van der Waals surface area contributed by atoms with Gasteiger partial charge in [-0.15, -0.1) is 0 Å². The molecule has 3 rings (SSSR count). The Morgan fingerprint density at radius 2 is 2.00 bits per heavy atom. The fraction of sp³-hybridized carbons (Fsp3) is 0.350. The summed E-state index contributed by atoms with van der Waals surface area (Å²) in [7, 11) is 0. The lowest BCUT2D eigenvalue weighted by Gasteiger charge is -2.21. The second kappa shape index (κ2) is 7.05. The Morgan fingerprint density at radius 1 is 1.25 bits per heavy atom. The zero-order chi connectivity index (χ0) is 17.1. The number of nitrogens with two attached hydrogens (primary N) is 1. The number of hydrogen-bond donors (Lipinski definition) is 2. The van der Waals surface area contributed by atoms with Gasteiger partial charge in [-0.1, -0.05) is 36.4 Å².